The van der Waals surface area contributed by atoms with Crippen molar-refractivity contribution in [2.75, 3.05) is 0 Å². The molecule has 0 aromatic heterocycles. The molecule has 0 amide bonds. The summed E-state index contributed by atoms with van der Waals surface area (Å²) in [6.07, 6.45) is 1.60. The molecule has 6 nitrogen and oxygen atoms in total. The van der Waals surface area contributed by atoms with E-state index in [1.165, 1.54) is 12.4 Å². The lowest BCUT2D eigenvalue weighted by Gasteiger charge is -2.15. The van der Waals surface area contributed by atoms with Crippen molar-refractivity contribution < 1.29 is 19.0 Å². The number of nitrogens with zero attached hydrogens (tertiary/aromatic N) is 2. The Morgan fingerprint density at radius 2 is 1.15 bits per heavy atom. The van der Waals surface area contributed by atoms with Crippen LogP contribution in [0.1, 0.15) is 25.0 Å². The van der Waals surface area contributed by atoms with Crippen LogP contribution in [0.15, 0.2) is 60.7 Å². The highest BCUT2D eigenvalue weighted by Crippen LogP contribution is 2.26. The lowest BCUT2D eigenvalue weighted by Crippen LogP contribution is -2.31. The van der Waals surface area contributed by atoms with Crippen LogP contribution in [0.5, 0.6) is 0 Å². The van der Waals surface area contributed by atoms with Crippen molar-refractivity contribution in [1.82, 2.24) is 0 Å². The summed E-state index contributed by atoms with van der Waals surface area (Å²) in [7, 11) is 0. The van der Waals surface area contributed by atoms with Crippen LogP contribution in [-0.4, -0.2) is 39.9 Å². The Hall–Kier alpha value is -2.70. The number of hydrogen-bond acceptors (Lipinski definition) is 4. The standard InChI is InChI=1S/C21H24N2O4/c1-21(2)26-19(15-22(24)13-17-9-5-3-6-10-17)20(27-21)16-23(25)14-18-11-7-4-8-12-18/h3-12,15-16,19-20H,13-14H2,1-2H3/b22-15-,23-16-/t19-,20-/m1/s1. The molecule has 1 aliphatic rings. The molecule has 6 heteroatoms. The smallest absolute Gasteiger partial charge is 0.183 e. The fourth-order valence-corrected chi connectivity index (χ4v) is 3.01. The van der Waals surface area contributed by atoms with E-state index in [0.717, 1.165) is 20.6 Å². The van der Waals surface area contributed by atoms with Gasteiger partial charge in [-0.05, 0) is 13.8 Å². The van der Waals surface area contributed by atoms with Gasteiger partial charge in [0.25, 0.3) is 0 Å². The molecule has 2 atom stereocenters. The first-order valence-electron chi connectivity index (χ1n) is 8.92. The lowest BCUT2D eigenvalue weighted by molar-refractivity contribution is -0.475. The molecule has 1 aliphatic heterocycles. The second-order valence-electron chi connectivity index (χ2n) is 6.98. The van der Waals surface area contributed by atoms with Crippen LogP contribution in [0.3, 0.4) is 0 Å². The summed E-state index contributed by atoms with van der Waals surface area (Å²) in [6, 6.07) is 18.9. The van der Waals surface area contributed by atoms with E-state index in [0.29, 0.717) is 0 Å². The Balaban J connectivity index is 1.72. The van der Waals surface area contributed by atoms with E-state index in [1.54, 1.807) is 13.8 Å². The quantitative estimate of drug-likeness (QED) is 0.340. The molecule has 3 rings (SSSR count). The van der Waals surface area contributed by atoms with Crippen molar-refractivity contribution in [1.29, 1.82) is 0 Å². The summed E-state index contributed by atoms with van der Waals surface area (Å²) in [4.78, 5) is 0. The second kappa shape index (κ2) is 8.33. The highest BCUT2D eigenvalue weighted by molar-refractivity contribution is 5.71. The number of hydrogen-bond donors (Lipinski definition) is 0. The summed E-state index contributed by atoms with van der Waals surface area (Å²) in [5, 5.41) is 24.6. The van der Waals surface area contributed by atoms with Gasteiger partial charge in [0.05, 0.1) is 0 Å². The first kappa shape index (κ1) is 19.1. The van der Waals surface area contributed by atoms with Gasteiger partial charge in [0.2, 0.25) is 0 Å². The third-order valence-corrected chi connectivity index (χ3v) is 4.15. The Morgan fingerprint density at radius 1 is 0.778 bits per heavy atom. The van der Waals surface area contributed by atoms with E-state index < -0.39 is 18.0 Å². The zero-order valence-electron chi connectivity index (χ0n) is 15.5. The molecule has 0 aliphatic carbocycles. The molecule has 0 N–H and O–H groups in total. The topological polar surface area (TPSA) is 70.6 Å². The molecule has 0 bridgehead atoms. The lowest BCUT2D eigenvalue weighted by atomic mass is 10.2. The largest absolute Gasteiger partial charge is 0.624 e. The fraction of sp³-hybridized carbons (Fsp3) is 0.333. The summed E-state index contributed by atoms with van der Waals surface area (Å²) in [5.74, 6) is -0.872. The molecule has 1 fully saturated rings. The van der Waals surface area contributed by atoms with E-state index in [4.69, 9.17) is 9.47 Å². The van der Waals surface area contributed by atoms with Crippen LogP contribution in [0.25, 0.3) is 0 Å². The van der Waals surface area contributed by atoms with Gasteiger partial charge < -0.3 is 19.9 Å². The number of rotatable bonds is 6. The van der Waals surface area contributed by atoms with Crippen LogP contribution in [0.2, 0.25) is 0 Å². The summed E-state index contributed by atoms with van der Waals surface area (Å²) in [5.41, 5.74) is 1.80. The zero-order valence-corrected chi connectivity index (χ0v) is 15.5. The van der Waals surface area contributed by atoms with E-state index in [9.17, 15) is 10.4 Å². The van der Waals surface area contributed by atoms with Gasteiger partial charge in [0.1, 0.15) is 0 Å². The van der Waals surface area contributed by atoms with Crippen LogP contribution in [0, 0.1) is 10.4 Å². The molecule has 0 radical (unpaired) electrons. The minimum atomic E-state index is -0.872. The Labute approximate surface area is 159 Å². The Bertz CT molecular complexity index is 736. The molecule has 2 aromatic rings. The van der Waals surface area contributed by atoms with Crippen LogP contribution in [0.4, 0.5) is 0 Å². The predicted molar refractivity (Wildman–Crippen MR) is 103 cm³/mol. The predicted octanol–water partition coefficient (Wildman–Crippen LogP) is 3.07. The second-order valence-corrected chi connectivity index (χ2v) is 6.98. The van der Waals surface area contributed by atoms with Crippen molar-refractivity contribution in [3.63, 3.8) is 0 Å². The van der Waals surface area contributed by atoms with Gasteiger partial charge in [-0.3, -0.25) is 0 Å². The van der Waals surface area contributed by atoms with Crippen LogP contribution in [-0.2, 0) is 22.6 Å². The van der Waals surface area contributed by atoms with E-state index in [2.05, 4.69) is 0 Å². The minimum Gasteiger partial charge on any atom is -0.624 e. The average molecular weight is 368 g/mol. The normalized spacial score (nSPS) is 22.7. The number of hydroxylamine groups is 2. The van der Waals surface area contributed by atoms with Gasteiger partial charge in [-0.15, -0.1) is 0 Å². The summed E-state index contributed by atoms with van der Waals surface area (Å²) in [6.45, 7) is 3.94. The molecular weight excluding hydrogens is 344 g/mol. The third-order valence-electron chi connectivity index (χ3n) is 4.15. The van der Waals surface area contributed by atoms with Gasteiger partial charge in [0, 0.05) is 11.1 Å². The van der Waals surface area contributed by atoms with Crippen molar-refractivity contribution in [3.05, 3.63) is 82.2 Å². The van der Waals surface area contributed by atoms with Crippen LogP contribution < -0.4 is 0 Å². The Kier molecular flexibility index (Phi) is 5.88. The van der Waals surface area contributed by atoms with Gasteiger partial charge in [-0.1, -0.05) is 60.7 Å². The monoisotopic (exact) mass is 368 g/mol. The van der Waals surface area contributed by atoms with E-state index >= 15 is 0 Å². The van der Waals surface area contributed by atoms with Crippen molar-refractivity contribution in [3.8, 4) is 0 Å². The number of benzene rings is 2. The first-order chi connectivity index (χ1) is 12.9. The number of ether oxygens (including phenoxy) is 2. The molecule has 0 unspecified atom stereocenters. The third kappa shape index (κ3) is 5.64. The van der Waals surface area contributed by atoms with Crippen molar-refractivity contribution in [2.24, 2.45) is 0 Å². The highest BCUT2D eigenvalue weighted by Gasteiger charge is 2.43. The highest BCUT2D eigenvalue weighted by atomic mass is 16.8. The molecular formula is C21H24N2O4. The van der Waals surface area contributed by atoms with Crippen LogP contribution >= 0.6 is 0 Å². The maximum Gasteiger partial charge on any atom is 0.183 e. The molecule has 0 spiro atoms. The molecule has 2 aromatic carbocycles. The molecule has 1 heterocycles. The van der Waals surface area contributed by atoms with Crippen molar-refractivity contribution in [2.45, 2.75) is 44.9 Å². The molecule has 1 saturated heterocycles. The average Bonchev–Trinajstić information content (AvgIpc) is 2.89. The van der Waals surface area contributed by atoms with Gasteiger partial charge in [-0.2, -0.15) is 0 Å². The minimum absolute atomic E-state index is 0.207. The summed E-state index contributed by atoms with van der Waals surface area (Å²) >= 11 is 0. The molecule has 0 saturated carbocycles. The van der Waals surface area contributed by atoms with E-state index in [1.807, 2.05) is 60.7 Å². The summed E-state index contributed by atoms with van der Waals surface area (Å²) < 4.78 is 13.2. The van der Waals surface area contributed by atoms with Gasteiger partial charge in [0.15, 0.2) is 43.5 Å². The van der Waals surface area contributed by atoms with E-state index in [-0.39, 0.29) is 13.1 Å². The molecule has 27 heavy (non-hydrogen) atoms. The molecule has 142 valence electrons. The van der Waals surface area contributed by atoms with Gasteiger partial charge in [-0.25, -0.2) is 9.48 Å². The maximum atomic E-state index is 12.3. The zero-order chi connectivity index (χ0) is 19.3. The maximum absolute atomic E-state index is 12.3. The van der Waals surface area contributed by atoms with Crippen molar-refractivity contribution >= 4 is 12.4 Å². The first-order valence-corrected chi connectivity index (χ1v) is 8.92. The van der Waals surface area contributed by atoms with Gasteiger partial charge >= 0.3 is 0 Å². The SMILES string of the molecule is CC1(C)O[C@H](/C=[N+](\[O-])Cc2ccccc2)[C@@H](/C=[N+](\[O-])Cc2ccccc2)O1. The fourth-order valence-electron chi connectivity index (χ4n) is 3.01. The Morgan fingerprint density at radius 3 is 1.52 bits per heavy atom.